The van der Waals surface area contributed by atoms with Gasteiger partial charge < -0.3 is 15.4 Å². The first-order valence-corrected chi connectivity index (χ1v) is 6.63. The summed E-state index contributed by atoms with van der Waals surface area (Å²) in [4.78, 5) is 11.9. The summed E-state index contributed by atoms with van der Waals surface area (Å²) in [5, 5.41) is 19.6. The van der Waals surface area contributed by atoms with E-state index in [1.165, 1.54) is 0 Å². The van der Waals surface area contributed by atoms with Crippen LogP contribution >= 0.6 is 0 Å². The van der Waals surface area contributed by atoms with Gasteiger partial charge in [-0.2, -0.15) is 5.21 Å². The molecule has 0 atom stereocenters. The van der Waals surface area contributed by atoms with Gasteiger partial charge in [0.1, 0.15) is 6.61 Å². The Kier molecular flexibility index (Phi) is 3.63. The minimum atomic E-state index is -0.232. The summed E-state index contributed by atoms with van der Waals surface area (Å²) in [7, 11) is 0. The lowest BCUT2D eigenvalue weighted by atomic mass is 10.0. The van der Waals surface area contributed by atoms with Crippen LogP contribution in [-0.4, -0.2) is 51.8 Å². The van der Waals surface area contributed by atoms with E-state index in [4.69, 9.17) is 4.74 Å². The Balaban J connectivity index is 1.59. The van der Waals surface area contributed by atoms with E-state index in [1.807, 2.05) is 19.1 Å². The van der Waals surface area contributed by atoms with Gasteiger partial charge in [0, 0.05) is 24.3 Å². The average Bonchev–Trinajstić information content (AvgIpc) is 2.97. The van der Waals surface area contributed by atoms with Crippen molar-refractivity contribution in [3.05, 3.63) is 24.3 Å². The van der Waals surface area contributed by atoms with Crippen molar-refractivity contribution in [3.8, 4) is 11.4 Å². The van der Waals surface area contributed by atoms with Crippen LogP contribution in [-0.2, 0) is 9.53 Å². The van der Waals surface area contributed by atoms with Crippen LogP contribution in [0.4, 0.5) is 5.69 Å². The fraction of sp³-hybridized carbons (Fsp3) is 0.385. The smallest absolute Gasteiger partial charge is 0.250 e. The second-order valence-electron chi connectivity index (χ2n) is 5.21. The lowest BCUT2D eigenvalue weighted by Gasteiger charge is -2.38. The molecule has 1 aliphatic heterocycles. The monoisotopic (exact) mass is 288 g/mol. The predicted octanol–water partition coefficient (Wildman–Crippen LogP) is 0.184. The molecule has 1 fully saturated rings. The first-order valence-electron chi connectivity index (χ1n) is 6.63. The topological polar surface area (TPSA) is 105 Å². The standard InChI is InChI=1S/C13H16N6O2/c1-13(7-14-8-13)21-6-11(20)15-10-4-2-3-9(5-10)12-16-18-19-17-12/h2-5,14H,6-8H2,1H3,(H,15,20)(H,16,17,18,19). The van der Waals surface area contributed by atoms with E-state index >= 15 is 0 Å². The summed E-state index contributed by atoms with van der Waals surface area (Å²) in [6.45, 7) is 3.56. The number of amides is 1. The van der Waals surface area contributed by atoms with Crippen LogP contribution in [0.3, 0.4) is 0 Å². The first kappa shape index (κ1) is 13.7. The number of nitrogens with one attached hydrogen (secondary N) is 3. The van der Waals surface area contributed by atoms with Gasteiger partial charge in [-0.25, -0.2) is 0 Å². The van der Waals surface area contributed by atoms with E-state index in [1.54, 1.807) is 12.1 Å². The molecule has 0 bridgehead atoms. The van der Waals surface area contributed by atoms with Crippen LogP contribution in [0.2, 0.25) is 0 Å². The highest BCUT2D eigenvalue weighted by atomic mass is 16.5. The Hall–Kier alpha value is -2.32. The summed E-state index contributed by atoms with van der Waals surface area (Å²) in [5.74, 6) is 0.295. The van der Waals surface area contributed by atoms with E-state index in [0.29, 0.717) is 11.5 Å². The molecule has 1 amide bonds. The Morgan fingerprint density at radius 3 is 3.00 bits per heavy atom. The molecule has 0 spiro atoms. The maximum absolute atomic E-state index is 11.9. The van der Waals surface area contributed by atoms with Gasteiger partial charge in [-0.05, 0) is 24.3 Å². The molecule has 1 aromatic carbocycles. The molecule has 0 radical (unpaired) electrons. The minimum Gasteiger partial charge on any atom is -0.363 e. The van der Waals surface area contributed by atoms with Crippen molar-refractivity contribution in [1.82, 2.24) is 25.9 Å². The summed E-state index contributed by atoms with van der Waals surface area (Å²) in [5.41, 5.74) is 1.21. The second-order valence-corrected chi connectivity index (χ2v) is 5.21. The zero-order chi connectivity index (χ0) is 14.7. The van der Waals surface area contributed by atoms with Crippen LogP contribution in [0.5, 0.6) is 0 Å². The molecule has 0 aliphatic carbocycles. The van der Waals surface area contributed by atoms with Crippen LogP contribution in [0.25, 0.3) is 11.4 Å². The third kappa shape index (κ3) is 3.23. The van der Waals surface area contributed by atoms with Crippen molar-refractivity contribution in [1.29, 1.82) is 0 Å². The first-order chi connectivity index (χ1) is 10.1. The number of aromatic amines is 1. The van der Waals surface area contributed by atoms with Gasteiger partial charge in [-0.1, -0.05) is 12.1 Å². The maximum atomic E-state index is 11.9. The largest absolute Gasteiger partial charge is 0.363 e. The Bertz CT molecular complexity index is 623. The van der Waals surface area contributed by atoms with Crippen molar-refractivity contribution in [2.24, 2.45) is 0 Å². The molecular weight excluding hydrogens is 272 g/mol. The van der Waals surface area contributed by atoms with Crippen molar-refractivity contribution < 1.29 is 9.53 Å². The number of hydrogen-bond donors (Lipinski definition) is 3. The number of H-pyrrole nitrogens is 1. The zero-order valence-electron chi connectivity index (χ0n) is 11.6. The molecule has 3 rings (SSSR count). The number of carbonyl (C=O) groups excluding carboxylic acids is 1. The van der Waals surface area contributed by atoms with Gasteiger partial charge in [-0.15, -0.1) is 10.2 Å². The van der Waals surface area contributed by atoms with Crippen molar-refractivity contribution >= 4 is 11.6 Å². The van der Waals surface area contributed by atoms with E-state index in [-0.39, 0.29) is 18.1 Å². The number of benzene rings is 1. The third-order valence-corrected chi connectivity index (χ3v) is 3.30. The number of rotatable bonds is 5. The van der Waals surface area contributed by atoms with Crippen LogP contribution in [0.15, 0.2) is 24.3 Å². The van der Waals surface area contributed by atoms with Crippen LogP contribution in [0, 0.1) is 0 Å². The highest BCUT2D eigenvalue weighted by Gasteiger charge is 2.32. The van der Waals surface area contributed by atoms with Gasteiger partial charge in [0.05, 0.1) is 5.60 Å². The van der Waals surface area contributed by atoms with Crippen molar-refractivity contribution in [3.63, 3.8) is 0 Å². The Morgan fingerprint density at radius 1 is 1.48 bits per heavy atom. The Labute approximate surface area is 121 Å². The second kappa shape index (κ2) is 5.58. The molecule has 3 N–H and O–H groups in total. The predicted molar refractivity (Wildman–Crippen MR) is 75.5 cm³/mol. The molecule has 1 aromatic heterocycles. The summed E-state index contributed by atoms with van der Waals surface area (Å²) < 4.78 is 5.59. The molecule has 2 heterocycles. The molecule has 2 aromatic rings. The van der Waals surface area contributed by atoms with Gasteiger partial charge >= 0.3 is 0 Å². The van der Waals surface area contributed by atoms with E-state index in [9.17, 15) is 4.79 Å². The van der Waals surface area contributed by atoms with E-state index < -0.39 is 0 Å². The van der Waals surface area contributed by atoms with Crippen molar-refractivity contribution in [2.45, 2.75) is 12.5 Å². The molecule has 0 saturated carbocycles. The van der Waals surface area contributed by atoms with Gasteiger partial charge in [0.25, 0.3) is 0 Å². The average molecular weight is 288 g/mol. The SMILES string of the molecule is CC1(OCC(=O)Nc2cccc(-c3nn[nH]n3)c2)CNC1. The number of hydrogen-bond acceptors (Lipinski definition) is 6. The normalized spacial score (nSPS) is 16.2. The number of tetrazole rings is 1. The molecular formula is C13H16N6O2. The highest BCUT2D eigenvalue weighted by Crippen LogP contribution is 2.19. The molecule has 8 heteroatoms. The number of anilines is 1. The molecule has 8 nitrogen and oxygen atoms in total. The summed E-state index contributed by atoms with van der Waals surface area (Å²) in [6, 6.07) is 7.25. The quantitative estimate of drug-likeness (QED) is 0.725. The number of ether oxygens (including phenoxy) is 1. The molecule has 0 unspecified atom stereocenters. The molecule has 21 heavy (non-hydrogen) atoms. The van der Waals surface area contributed by atoms with E-state index in [0.717, 1.165) is 18.7 Å². The molecule has 110 valence electrons. The maximum Gasteiger partial charge on any atom is 0.250 e. The Morgan fingerprint density at radius 2 is 2.33 bits per heavy atom. The van der Waals surface area contributed by atoms with Crippen LogP contribution < -0.4 is 10.6 Å². The van der Waals surface area contributed by atoms with Crippen LogP contribution in [0.1, 0.15) is 6.92 Å². The number of carbonyl (C=O) groups is 1. The fourth-order valence-corrected chi connectivity index (χ4v) is 2.04. The van der Waals surface area contributed by atoms with Gasteiger partial charge in [0.15, 0.2) is 0 Å². The lowest BCUT2D eigenvalue weighted by Crippen LogP contribution is -2.59. The summed E-state index contributed by atoms with van der Waals surface area (Å²) >= 11 is 0. The zero-order valence-corrected chi connectivity index (χ0v) is 11.6. The van der Waals surface area contributed by atoms with Gasteiger partial charge in [0.2, 0.25) is 11.7 Å². The molecule has 1 aliphatic rings. The van der Waals surface area contributed by atoms with Crippen molar-refractivity contribution in [2.75, 3.05) is 25.0 Å². The lowest BCUT2D eigenvalue weighted by molar-refractivity contribution is -0.130. The molecule has 1 saturated heterocycles. The fourth-order valence-electron chi connectivity index (χ4n) is 2.04. The van der Waals surface area contributed by atoms with E-state index in [2.05, 4.69) is 31.3 Å². The third-order valence-electron chi connectivity index (χ3n) is 3.30. The summed E-state index contributed by atoms with van der Waals surface area (Å²) in [6.07, 6.45) is 0. The number of nitrogens with zero attached hydrogens (tertiary/aromatic N) is 3. The van der Waals surface area contributed by atoms with Gasteiger partial charge in [-0.3, -0.25) is 4.79 Å². The highest BCUT2D eigenvalue weighted by molar-refractivity contribution is 5.92. The number of aromatic nitrogens is 4. The minimum absolute atomic E-state index is 0.0324.